The SMILES string of the molecule is CCC(C(=O)NC(C)(C)C)N(Cc1cccc(C)c1)C(=O)COc1ccc([N+](=O)[O-])c(OC)c1. The second kappa shape index (κ2) is 11.5. The van der Waals surface area contributed by atoms with Crippen molar-refractivity contribution >= 4 is 17.5 Å². The zero-order valence-corrected chi connectivity index (χ0v) is 20.6. The summed E-state index contributed by atoms with van der Waals surface area (Å²) in [5.41, 5.74) is 1.29. The van der Waals surface area contributed by atoms with Crippen LogP contribution in [0.25, 0.3) is 0 Å². The van der Waals surface area contributed by atoms with Gasteiger partial charge in [0.2, 0.25) is 11.7 Å². The molecule has 2 amide bonds. The van der Waals surface area contributed by atoms with E-state index in [1.54, 1.807) is 0 Å². The first-order valence-electron chi connectivity index (χ1n) is 11.1. The zero-order chi connectivity index (χ0) is 25.5. The monoisotopic (exact) mass is 471 g/mol. The normalized spacial score (nSPS) is 11.9. The minimum absolute atomic E-state index is 0.0301. The predicted molar refractivity (Wildman–Crippen MR) is 129 cm³/mol. The molecule has 2 aromatic carbocycles. The van der Waals surface area contributed by atoms with E-state index in [0.717, 1.165) is 11.1 Å². The molecule has 184 valence electrons. The third kappa shape index (κ3) is 7.47. The van der Waals surface area contributed by atoms with Gasteiger partial charge in [0, 0.05) is 24.2 Å². The molecule has 9 heteroatoms. The summed E-state index contributed by atoms with van der Waals surface area (Å²) in [6, 6.07) is 11.1. The van der Waals surface area contributed by atoms with E-state index in [1.807, 2.05) is 58.9 Å². The Morgan fingerprint density at radius 3 is 2.44 bits per heavy atom. The maximum Gasteiger partial charge on any atom is 0.311 e. The molecule has 0 radical (unpaired) electrons. The summed E-state index contributed by atoms with van der Waals surface area (Å²) < 4.78 is 10.7. The average molecular weight is 472 g/mol. The van der Waals surface area contributed by atoms with Gasteiger partial charge in [-0.15, -0.1) is 0 Å². The number of nitro groups is 1. The molecule has 1 N–H and O–H groups in total. The lowest BCUT2D eigenvalue weighted by Crippen LogP contribution is -2.54. The first-order chi connectivity index (χ1) is 15.9. The molecule has 0 aliphatic rings. The number of methoxy groups -OCH3 is 1. The molecule has 0 spiro atoms. The molecule has 0 fully saturated rings. The maximum atomic E-state index is 13.3. The quantitative estimate of drug-likeness (QED) is 0.414. The van der Waals surface area contributed by atoms with E-state index in [1.165, 1.54) is 30.2 Å². The summed E-state index contributed by atoms with van der Waals surface area (Å²) in [5.74, 6) is -0.344. The number of carbonyl (C=O) groups excluding carboxylic acids is 2. The van der Waals surface area contributed by atoms with Crippen molar-refractivity contribution in [3.8, 4) is 11.5 Å². The van der Waals surface area contributed by atoms with Gasteiger partial charge in [-0.3, -0.25) is 19.7 Å². The molecule has 0 aromatic heterocycles. The van der Waals surface area contributed by atoms with Crippen molar-refractivity contribution in [3.05, 3.63) is 63.7 Å². The van der Waals surface area contributed by atoms with Crippen LogP contribution in [0.5, 0.6) is 11.5 Å². The van der Waals surface area contributed by atoms with Gasteiger partial charge < -0.3 is 19.7 Å². The average Bonchev–Trinajstić information content (AvgIpc) is 2.75. The van der Waals surface area contributed by atoms with Crippen molar-refractivity contribution in [2.24, 2.45) is 0 Å². The molecule has 0 bridgehead atoms. The molecule has 34 heavy (non-hydrogen) atoms. The van der Waals surface area contributed by atoms with Crippen molar-refractivity contribution in [1.82, 2.24) is 10.2 Å². The Morgan fingerprint density at radius 2 is 1.88 bits per heavy atom. The van der Waals surface area contributed by atoms with Crippen LogP contribution < -0.4 is 14.8 Å². The van der Waals surface area contributed by atoms with Gasteiger partial charge in [-0.25, -0.2) is 0 Å². The van der Waals surface area contributed by atoms with E-state index in [9.17, 15) is 19.7 Å². The van der Waals surface area contributed by atoms with E-state index >= 15 is 0 Å². The van der Waals surface area contributed by atoms with Crippen molar-refractivity contribution in [2.75, 3.05) is 13.7 Å². The second-order valence-electron chi connectivity index (χ2n) is 9.05. The van der Waals surface area contributed by atoms with Crippen LogP contribution in [0.2, 0.25) is 0 Å². The lowest BCUT2D eigenvalue weighted by Gasteiger charge is -2.33. The van der Waals surface area contributed by atoms with Crippen molar-refractivity contribution in [2.45, 2.75) is 59.2 Å². The van der Waals surface area contributed by atoms with E-state index in [0.29, 0.717) is 6.42 Å². The van der Waals surface area contributed by atoms with Crippen LogP contribution in [0.4, 0.5) is 5.69 Å². The molecule has 0 aliphatic heterocycles. The number of hydrogen-bond acceptors (Lipinski definition) is 6. The van der Waals surface area contributed by atoms with E-state index in [4.69, 9.17) is 9.47 Å². The van der Waals surface area contributed by atoms with Gasteiger partial charge in [0.1, 0.15) is 11.8 Å². The van der Waals surface area contributed by atoms with Crippen LogP contribution in [-0.4, -0.2) is 46.9 Å². The molecule has 9 nitrogen and oxygen atoms in total. The van der Waals surface area contributed by atoms with Crippen molar-refractivity contribution < 1.29 is 24.0 Å². The smallest absolute Gasteiger partial charge is 0.311 e. The summed E-state index contributed by atoms with van der Waals surface area (Å²) in [7, 11) is 1.32. The fourth-order valence-electron chi connectivity index (χ4n) is 3.51. The molecular formula is C25H33N3O6. The van der Waals surface area contributed by atoms with Crippen LogP contribution in [-0.2, 0) is 16.1 Å². The van der Waals surface area contributed by atoms with Gasteiger partial charge in [-0.05, 0) is 45.7 Å². The van der Waals surface area contributed by atoms with Gasteiger partial charge in [0.15, 0.2) is 6.61 Å². The van der Waals surface area contributed by atoms with Gasteiger partial charge in [0.05, 0.1) is 12.0 Å². The molecule has 2 rings (SSSR count). The van der Waals surface area contributed by atoms with Crippen LogP contribution in [0.3, 0.4) is 0 Å². The number of nitrogens with zero attached hydrogens (tertiary/aromatic N) is 2. The predicted octanol–water partition coefficient (Wildman–Crippen LogP) is 4.01. The summed E-state index contributed by atoms with van der Waals surface area (Å²) in [6.07, 6.45) is 0.421. The molecule has 0 saturated heterocycles. The molecule has 0 heterocycles. The number of rotatable bonds is 10. The highest BCUT2D eigenvalue weighted by molar-refractivity contribution is 5.88. The molecular weight excluding hydrogens is 438 g/mol. The first-order valence-corrected chi connectivity index (χ1v) is 11.1. The standard InChI is InChI=1S/C25H33N3O6/c1-7-20(24(30)26-25(3,4)5)27(15-18-10-8-9-17(2)13-18)23(29)16-34-19-11-12-21(28(31)32)22(14-19)33-6/h8-14,20H,7,15-16H2,1-6H3,(H,26,30). The number of aryl methyl sites for hydroxylation is 1. The summed E-state index contributed by atoms with van der Waals surface area (Å²) in [4.78, 5) is 38.4. The fraction of sp³-hybridized carbons (Fsp3) is 0.440. The lowest BCUT2D eigenvalue weighted by atomic mass is 10.1. The molecule has 1 atom stereocenters. The third-order valence-corrected chi connectivity index (χ3v) is 5.03. The van der Waals surface area contributed by atoms with Crippen LogP contribution >= 0.6 is 0 Å². The van der Waals surface area contributed by atoms with E-state index < -0.39 is 16.5 Å². The summed E-state index contributed by atoms with van der Waals surface area (Å²) in [6.45, 7) is 9.37. The highest BCUT2D eigenvalue weighted by Crippen LogP contribution is 2.30. The number of amides is 2. The Kier molecular flexibility index (Phi) is 9.00. The highest BCUT2D eigenvalue weighted by Gasteiger charge is 2.31. The molecule has 0 aliphatic carbocycles. The van der Waals surface area contributed by atoms with E-state index in [-0.39, 0.29) is 42.2 Å². The summed E-state index contributed by atoms with van der Waals surface area (Å²) in [5, 5.41) is 14.1. The molecule has 2 aromatic rings. The number of ether oxygens (including phenoxy) is 2. The summed E-state index contributed by atoms with van der Waals surface area (Å²) >= 11 is 0. The number of nitrogens with one attached hydrogen (secondary N) is 1. The van der Waals surface area contributed by atoms with Gasteiger partial charge in [0.25, 0.3) is 5.91 Å². The Balaban J connectivity index is 2.27. The third-order valence-electron chi connectivity index (χ3n) is 5.03. The minimum atomic E-state index is -0.692. The Hall–Kier alpha value is -3.62. The van der Waals surface area contributed by atoms with Crippen LogP contribution in [0.15, 0.2) is 42.5 Å². The Bertz CT molecular complexity index is 1030. The van der Waals surface area contributed by atoms with Crippen molar-refractivity contribution in [1.29, 1.82) is 0 Å². The number of nitro benzene ring substituents is 1. The topological polar surface area (TPSA) is 111 Å². The van der Waals surface area contributed by atoms with Gasteiger partial charge in [-0.2, -0.15) is 0 Å². The molecule has 0 saturated carbocycles. The Morgan fingerprint density at radius 1 is 1.18 bits per heavy atom. The largest absolute Gasteiger partial charge is 0.490 e. The maximum absolute atomic E-state index is 13.3. The number of hydrogen-bond donors (Lipinski definition) is 1. The number of carbonyl (C=O) groups is 2. The van der Waals surface area contributed by atoms with Gasteiger partial charge >= 0.3 is 5.69 Å². The van der Waals surface area contributed by atoms with Crippen LogP contribution in [0, 0.1) is 17.0 Å². The molecule has 1 unspecified atom stereocenters. The Labute approximate surface area is 200 Å². The zero-order valence-electron chi connectivity index (χ0n) is 20.6. The van der Waals surface area contributed by atoms with Gasteiger partial charge in [-0.1, -0.05) is 36.8 Å². The van der Waals surface area contributed by atoms with Crippen molar-refractivity contribution in [3.63, 3.8) is 0 Å². The first kappa shape index (κ1) is 26.6. The second-order valence-corrected chi connectivity index (χ2v) is 9.05. The fourth-order valence-corrected chi connectivity index (χ4v) is 3.51. The highest BCUT2D eigenvalue weighted by atomic mass is 16.6. The lowest BCUT2D eigenvalue weighted by molar-refractivity contribution is -0.385. The van der Waals surface area contributed by atoms with E-state index in [2.05, 4.69) is 5.32 Å². The number of benzene rings is 2. The van der Waals surface area contributed by atoms with Crippen LogP contribution in [0.1, 0.15) is 45.2 Å². The minimum Gasteiger partial charge on any atom is -0.490 e.